The van der Waals surface area contributed by atoms with Crippen LogP contribution in [-0.4, -0.2) is 25.8 Å². The number of hydrogen-bond acceptors (Lipinski definition) is 3. The van der Waals surface area contributed by atoms with Gasteiger partial charge in [-0.05, 0) is 15.6 Å². The Balaban J connectivity index is 3.04. The molecule has 0 radical (unpaired) electrons. The van der Waals surface area contributed by atoms with Crippen LogP contribution in [0.15, 0.2) is 18.2 Å². The van der Waals surface area contributed by atoms with Gasteiger partial charge in [0.2, 0.25) is 10.0 Å². The van der Waals surface area contributed by atoms with Gasteiger partial charge in [0, 0.05) is 33.2 Å². The van der Waals surface area contributed by atoms with Crippen molar-refractivity contribution in [2.24, 2.45) is 0 Å². The molecule has 0 aliphatic carbocycles. The Morgan fingerprint density at radius 1 is 1.36 bits per heavy atom. The third-order valence-electron chi connectivity index (χ3n) is 2.63. The number of nitriles is 1. The maximum atomic E-state index is 12.5. The summed E-state index contributed by atoms with van der Waals surface area (Å²) >= 11 is 7.61. The predicted octanol–water partition coefficient (Wildman–Crippen LogP) is 3.33. The van der Waals surface area contributed by atoms with Crippen LogP contribution in [0.1, 0.15) is 17.6 Å². The largest absolute Gasteiger partial charge is 0.263 e. The van der Waals surface area contributed by atoms with Crippen LogP contribution in [0.3, 0.4) is 0 Å². The molecule has 0 bridgehead atoms. The van der Waals surface area contributed by atoms with Gasteiger partial charge in [-0.1, -0.05) is 29.7 Å². The molecule has 0 N–H and O–H groups in total. The monoisotopic (exact) mass is 458 g/mol. The minimum Gasteiger partial charge on any atom is -0.212 e. The number of benzene rings is 1. The summed E-state index contributed by atoms with van der Waals surface area (Å²) in [5.41, 5.74) is -0.0905. The first-order chi connectivity index (χ1) is 10.3. The maximum absolute atomic E-state index is 12.5. The van der Waals surface area contributed by atoms with Crippen LogP contribution in [0.4, 0.5) is 8.78 Å². The summed E-state index contributed by atoms with van der Waals surface area (Å²) in [6, 6.07) is 5.16. The van der Waals surface area contributed by atoms with E-state index in [-0.39, 0.29) is 29.2 Å². The summed E-state index contributed by atoms with van der Waals surface area (Å²) in [5.74, 6) is 2.08. The molecular weight excluding hydrogens is 449 g/mol. The second-order valence-corrected chi connectivity index (χ2v) is 7.02. The van der Waals surface area contributed by atoms with Gasteiger partial charge in [0.1, 0.15) is 6.54 Å². The molecule has 1 aromatic rings. The van der Waals surface area contributed by atoms with Crippen molar-refractivity contribution in [3.63, 3.8) is 0 Å². The van der Waals surface area contributed by atoms with Crippen molar-refractivity contribution < 1.29 is 17.2 Å². The Labute approximate surface area is 146 Å². The molecule has 0 heterocycles. The van der Waals surface area contributed by atoms with E-state index in [1.165, 1.54) is 6.07 Å². The first-order valence-electron chi connectivity index (χ1n) is 5.81. The zero-order chi connectivity index (χ0) is 16.8. The molecule has 118 valence electrons. The topological polar surface area (TPSA) is 61.2 Å². The molecule has 0 aromatic heterocycles. The Morgan fingerprint density at radius 2 is 2.05 bits per heavy atom. The van der Waals surface area contributed by atoms with Gasteiger partial charge in [0.05, 0.1) is 18.4 Å². The van der Waals surface area contributed by atoms with Gasteiger partial charge < -0.3 is 0 Å². The lowest BCUT2D eigenvalue weighted by Crippen LogP contribution is -2.33. The number of halogens is 4. The van der Waals surface area contributed by atoms with Crippen LogP contribution in [0, 0.1) is 21.2 Å². The number of alkyl halides is 2. The molecule has 0 saturated carbocycles. The summed E-state index contributed by atoms with van der Waals surface area (Å²) < 4.78 is 53.1. The van der Waals surface area contributed by atoms with E-state index in [1.807, 2.05) is 0 Å². The van der Waals surface area contributed by atoms with Gasteiger partial charge in [-0.2, -0.15) is 9.57 Å². The lowest BCUT2D eigenvalue weighted by molar-refractivity contribution is 0.151. The van der Waals surface area contributed by atoms with E-state index in [0.717, 1.165) is 16.4 Å². The Bertz CT molecular complexity index is 739. The molecule has 0 amide bonds. The van der Waals surface area contributed by atoms with Crippen LogP contribution in [0.25, 0.3) is 0 Å². The summed E-state index contributed by atoms with van der Waals surface area (Å²) in [4.78, 5) is 0. The van der Waals surface area contributed by atoms with Crippen molar-refractivity contribution in [1.29, 1.82) is 5.26 Å². The van der Waals surface area contributed by atoms with Crippen LogP contribution in [-0.2, 0) is 15.8 Å². The van der Waals surface area contributed by atoms with Crippen molar-refractivity contribution in [1.82, 2.24) is 4.31 Å². The Morgan fingerprint density at radius 3 is 2.55 bits per heavy atom. The number of rotatable bonds is 6. The normalized spacial score (nSPS) is 11.1. The van der Waals surface area contributed by atoms with Crippen LogP contribution < -0.4 is 0 Å². The highest BCUT2D eigenvalue weighted by Gasteiger charge is 2.23. The molecule has 0 aliphatic heterocycles. The zero-order valence-corrected chi connectivity index (χ0v) is 14.8. The molecule has 22 heavy (non-hydrogen) atoms. The summed E-state index contributed by atoms with van der Waals surface area (Å²) in [6.07, 6.45) is -2.68. The average Bonchev–Trinajstić information content (AvgIpc) is 2.45. The highest BCUT2D eigenvalue weighted by Crippen LogP contribution is 2.26. The molecule has 0 unspecified atom stereocenters. The second-order valence-electron chi connectivity index (χ2n) is 4.11. The first-order valence-corrected chi connectivity index (χ1v) is 8.88. The predicted molar refractivity (Wildman–Crippen MR) is 88.0 cm³/mol. The standard InChI is InChI=1S/C13H10ClF2IN2O2S/c14-12-8-10(13(15)16)2-3-11(12)9-22(20,21)19(7-5-18)6-1-4-17/h2-3,8,13H,6-7,9H2. The highest BCUT2D eigenvalue weighted by molar-refractivity contribution is 14.1. The maximum Gasteiger partial charge on any atom is 0.263 e. The zero-order valence-electron chi connectivity index (χ0n) is 11.1. The van der Waals surface area contributed by atoms with Crippen molar-refractivity contribution in [2.45, 2.75) is 12.2 Å². The fourth-order valence-corrected chi connectivity index (χ4v) is 3.40. The summed E-state index contributed by atoms with van der Waals surface area (Å²) in [6.45, 7) is -0.466. The molecule has 0 spiro atoms. The van der Waals surface area contributed by atoms with E-state index < -0.39 is 22.2 Å². The molecule has 0 atom stereocenters. The van der Waals surface area contributed by atoms with Crippen LogP contribution in [0.5, 0.6) is 0 Å². The molecule has 1 aromatic carbocycles. The SMILES string of the molecule is N#CCN(CC#CI)S(=O)(=O)Cc1ccc(C(F)F)cc1Cl. The van der Waals surface area contributed by atoms with Gasteiger partial charge in [0.25, 0.3) is 6.43 Å². The third kappa shape index (κ3) is 5.36. The van der Waals surface area contributed by atoms with Crippen molar-refractivity contribution in [3.8, 4) is 15.9 Å². The number of hydrogen-bond donors (Lipinski definition) is 0. The van der Waals surface area contributed by atoms with Gasteiger partial charge >= 0.3 is 0 Å². The van der Waals surface area contributed by atoms with Gasteiger partial charge in [-0.3, -0.25) is 0 Å². The highest BCUT2D eigenvalue weighted by atomic mass is 127. The lowest BCUT2D eigenvalue weighted by atomic mass is 10.1. The van der Waals surface area contributed by atoms with Crippen molar-refractivity contribution in [3.05, 3.63) is 34.3 Å². The molecule has 9 heteroatoms. The Kier molecular flexibility index (Phi) is 7.49. The second kappa shape index (κ2) is 8.63. The van der Waals surface area contributed by atoms with E-state index in [9.17, 15) is 17.2 Å². The van der Waals surface area contributed by atoms with Gasteiger partial charge in [-0.15, -0.1) is 0 Å². The molecule has 0 fully saturated rings. The quantitative estimate of drug-likeness (QED) is 0.373. The van der Waals surface area contributed by atoms with E-state index >= 15 is 0 Å². The molecule has 4 nitrogen and oxygen atoms in total. The third-order valence-corrected chi connectivity index (χ3v) is 5.08. The fourth-order valence-electron chi connectivity index (χ4n) is 1.55. The van der Waals surface area contributed by atoms with E-state index in [0.29, 0.717) is 0 Å². The lowest BCUT2D eigenvalue weighted by Gasteiger charge is -2.17. The minimum absolute atomic E-state index is 0.0572. The van der Waals surface area contributed by atoms with Crippen LogP contribution >= 0.6 is 34.2 Å². The molecule has 1 rings (SSSR count). The van der Waals surface area contributed by atoms with Gasteiger partial charge in [0.15, 0.2) is 0 Å². The summed E-state index contributed by atoms with van der Waals surface area (Å²) in [7, 11) is -3.83. The molecule has 0 aliphatic rings. The van der Waals surface area contributed by atoms with Crippen LogP contribution in [0.2, 0.25) is 5.02 Å². The number of nitrogens with zero attached hydrogens (tertiary/aromatic N) is 2. The Hall–Kier alpha value is -0.940. The minimum atomic E-state index is -3.83. The smallest absolute Gasteiger partial charge is 0.212 e. The number of sulfonamides is 1. The first kappa shape index (κ1) is 19.1. The summed E-state index contributed by atoms with van der Waals surface area (Å²) in [5, 5.41) is 8.64. The van der Waals surface area contributed by atoms with E-state index in [4.69, 9.17) is 16.9 Å². The van der Waals surface area contributed by atoms with E-state index in [2.05, 4.69) is 9.85 Å². The molecule has 0 saturated heterocycles. The fraction of sp³-hybridized carbons (Fsp3) is 0.308. The van der Waals surface area contributed by atoms with Crippen molar-refractivity contribution >= 4 is 44.2 Å². The molecular formula is C13H10ClF2IN2O2S. The van der Waals surface area contributed by atoms with Gasteiger partial charge in [-0.25, -0.2) is 17.2 Å². The van der Waals surface area contributed by atoms with E-state index in [1.54, 1.807) is 28.7 Å². The average molecular weight is 459 g/mol. The van der Waals surface area contributed by atoms with Crippen molar-refractivity contribution in [2.75, 3.05) is 13.1 Å².